The minimum Gasteiger partial charge on any atom is -0.384 e. The quantitative estimate of drug-likeness (QED) is 0.562. The molecule has 124 valence electrons. The molecule has 2 aromatic carbocycles. The lowest BCUT2D eigenvalue weighted by molar-refractivity contribution is 0.184. The lowest BCUT2D eigenvalue weighted by Crippen LogP contribution is -2.06. The Hall–Kier alpha value is -1.97. The number of methoxy groups -OCH3 is 1. The van der Waals surface area contributed by atoms with E-state index in [4.69, 9.17) is 16.3 Å². The first-order valence-corrected chi connectivity index (χ1v) is 8.23. The molecule has 0 amide bonds. The van der Waals surface area contributed by atoms with E-state index in [1.165, 1.54) is 12.1 Å². The minimum absolute atomic E-state index is 0.0701. The number of nitrogens with zero attached hydrogens (tertiary/aromatic N) is 1. The van der Waals surface area contributed by atoms with Crippen LogP contribution >= 0.6 is 11.6 Å². The van der Waals surface area contributed by atoms with Crippen molar-refractivity contribution in [2.75, 3.05) is 13.7 Å². The highest BCUT2D eigenvalue weighted by Crippen LogP contribution is 2.39. The van der Waals surface area contributed by atoms with Gasteiger partial charge in [-0.05, 0) is 41.8 Å². The summed E-state index contributed by atoms with van der Waals surface area (Å²) in [6.45, 7) is 4.61. The first kappa shape index (κ1) is 16.9. The van der Waals surface area contributed by atoms with Crippen molar-refractivity contribution in [1.82, 2.24) is 4.98 Å². The van der Waals surface area contributed by atoms with Crippen molar-refractivity contribution in [3.63, 3.8) is 0 Å². The lowest BCUT2D eigenvalue weighted by atomic mass is 9.90. The van der Waals surface area contributed by atoms with Crippen LogP contribution < -0.4 is 0 Å². The Labute approximate surface area is 146 Å². The summed E-state index contributed by atoms with van der Waals surface area (Å²) in [6.07, 6.45) is 0. The van der Waals surface area contributed by atoms with Crippen molar-refractivity contribution in [3.8, 4) is 11.1 Å². The molecule has 4 heteroatoms. The van der Waals surface area contributed by atoms with Gasteiger partial charge in [-0.3, -0.25) is 0 Å². The van der Waals surface area contributed by atoms with Crippen molar-refractivity contribution in [2.24, 2.45) is 0 Å². The molecular formula is C20H19ClFNO. The van der Waals surface area contributed by atoms with Gasteiger partial charge in [0.25, 0.3) is 0 Å². The van der Waals surface area contributed by atoms with Crippen LogP contribution in [0.15, 0.2) is 42.5 Å². The Morgan fingerprint density at radius 2 is 1.88 bits per heavy atom. The molecule has 0 aliphatic carbocycles. The number of pyridine rings is 1. The SMILES string of the molecule is COCC(C)c1c(Cl)nc2cc(C)ccc2c1-c1ccc(F)cc1. The number of halogens is 2. The second kappa shape index (κ2) is 6.88. The molecule has 0 spiro atoms. The zero-order valence-corrected chi connectivity index (χ0v) is 14.7. The number of ether oxygens (including phenoxy) is 1. The van der Waals surface area contributed by atoms with E-state index in [2.05, 4.69) is 24.0 Å². The van der Waals surface area contributed by atoms with Crippen LogP contribution in [0.4, 0.5) is 4.39 Å². The first-order valence-electron chi connectivity index (χ1n) is 7.86. The summed E-state index contributed by atoms with van der Waals surface area (Å²) in [5.41, 5.74) is 4.81. The highest BCUT2D eigenvalue weighted by Gasteiger charge is 2.20. The maximum Gasteiger partial charge on any atom is 0.133 e. The van der Waals surface area contributed by atoms with Gasteiger partial charge in [-0.2, -0.15) is 0 Å². The monoisotopic (exact) mass is 343 g/mol. The van der Waals surface area contributed by atoms with Crippen LogP contribution in [0, 0.1) is 12.7 Å². The van der Waals surface area contributed by atoms with Crippen molar-refractivity contribution < 1.29 is 9.13 Å². The molecule has 0 saturated heterocycles. The Bertz CT molecular complexity index is 877. The molecule has 3 aromatic rings. The standard InChI is InChI=1S/C20H19ClFNO/c1-12-4-9-16-17(10-12)23-20(21)18(13(2)11-24-3)19(16)14-5-7-15(22)8-6-14/h4-10,13H,11H2,1-3H3. The number of hydrogen-bond donors (Lipinski definition) is 0. The van der Waals surface area contributed by atoms with Crippen LogP contribution in [-0.4, -0.2) is 18.7 Å². The molecule has 2 nitrogen and oxygen atoms in total. The molecule has 1 atom stereocenters. The molecule has 0 aliphatic heterocycles. The van der Waals surface area contributed by atoms with Crippen LogP contribution in [0.25, 0.3) is 22.0 Å². The predicted molar refractivity (Wildman–Crippen MR) is 97.2 cm³/mol. The third kappa shape index (κ3) is 3.14. The van der Waals surface area contributed by atoms with Crippen LogP contribution in [0.1, 0.15) is 24.0 Å². The summed E-state index contributed by atoms with van der Waals surface area (Å²) in [5, 5.41) is 1.48. The summed E-state index contributed by atoms with van der Waals surface area (Å²) in [7, 11) is 1.67. The number of hydrogen-bond acceptors (Lipinski definition) is 2. The smallest absolute Gasteiger partial charge is 0.133 e. The van der Waals surface area contributed by atoms with Gasteiger partial charge in [-0.1, -0.05) is 42.8 Å². The van der Waals surface area contributed by atoms with E-state index in [1.807, 2.05) is 13.0 Å². The first-order chi connectivity index (χ1) is 11.5. The Kier molecular flexibility index (Phi) is 4.83. The average Bonchev–Trinajstić information content (AvgIpc) is 2.54. The van der Waals surface area contributed by atoms with E-state index in [1.54, 1.807) is 19.2 Å². The van der Waals surface area contributed by atoms with E-state index in [0.29, 0.717) is 11.8 Å². The molecule has 1 heterocycles. The summed E-state index contributed by atoms with van der Waals surface area (Å²) >= 11 is 6.53. The van der Waals surface area contributed by atoms with Crippen LogP contribution in [0.3, 0.4) is 0 Å². The number of fused-ring (bicyclic) bond motifs is 1. The van der Waals surface area contributed by atoms with Gasteiger partial charge < -0.3 is 4.74 Å². The van der Waals surface area contributed by atoms with Gasteiger partial charge in [0, 0.05) is 24.0 Å². The van der Waals surface area contributed by atoms with E-state index in [9.17, 15) is 4.39 Å². The molecule has 0 radical (unpaired) electrons. The normalized spacial score (nSPS) is 12.5. The third-order valence-electron chi connectivity index (χ3n) is 4.18. The second-order valence-electron chi connectivity index (χ2n) is 6.08. The van der Waals surface area contributed by atoms with E-state index >= 15 is 0 Å². The molecular weight excluding hydrogens is 325 g/mol. The molecule has 24 heavy (non-hydrogen) atoms. The molecule has 0 N–H and O–H groups in total. The number of rotatable bonds is 4. The van der Waals surface area contributed by atoms with E-state index in [-0.39, 0.29) is 11.7 Å². The fourth-order valence-electron chi connectivity index (χ4n) is 3.07. The number of aromatic nitrogens is 1. The molecule has 3 rings (SSSR count). The molecule has 1 aromatic heterocycles. The van der Waals surface area contributed by atoms with Gasteiger partial charge in [-0.15, -0.1) is 0 Å². The Morgan fingerprint density at radius 1 is 1.17 bits per heavy atom. The predicted octanol–water partition coefficient (Wildman–Crippen LogP) is 5.75. The van der Waals surface area contributed by atoms with E-state index < -0.39 is 0 Å². The number of benzene rings is 2. The fourth-order valence-corrected chi connectivity index (χ4v) is 3.44. The molecule has 0 bridgehead atoms. The van der Waals surface area contributed by atoms with Gasteiger partial charge in [-0.25, -0.2) is 9.37 Å². The highest BCUT2D eigenvalue weighted by molar-refractivity contribution is 6.31. The van der Waals surface area contributed by atoms with Crippen LogP contribution in [0.2, 0.25) is 5.15 Å². The summed E-state index contributed by atoms with van der Waals surface area (Å²) in [5.74, 6) is -0.189. The Balaban J connectivity index is 2.36. The minimum atomic E-state index is -0.259. The van der Waals surface area contributed by atoms with Crippen LogP contribution in [0.5, 0.6) is 0 Å². The molecule has 0 fully saturated rings. The highest BCUT2D eigenvalue weighted by atomic mass is 35.5. The molecule has 0 saturated carbocycles. The largest absolute Gasteiger partial charge is 0.384 e. The Morgan fingerprint density at radius 3 is 2.54 bits per heavy atom. The van der Waals surface area contributed by atoms with Crippen molar-refractivity contribution in [1.29, 1.82) is 0 Å². The summed E-state index contributed by atoms with van der Waals surface area (Å²) < 4.78 is 18.7. The fraction of sp³-hybridized carbons (Fsp3) is 0.250. The molecule has 1 unspecified atom stereocenters. The topological polar surface area (TPSA) is 22.1 Å². The zero-order valence-electron chi connectivity index (χ0n) is 13.9. The van der Waals surface area contributed by atoms with Crippen molar-refractivity contribution in [3.05, 3.63) is 64.6 Å². The summed E-state index contributed by atoms with van der Waals surface area (Å²) in [6, 6.07) is 12.6. The maximum atomic E-state index is 13.4. The third-order valence-corrected chi connectivity index (χ3v) is 4.46. The van der Waals surface area contributed by atoms with Crippen molar-refractivity contribution in [2.45, 2.75) is 19.8 Å². The lowest BCUT2D eigenvalue weighted by Gasteiger charge is -2.20. The van der Waals surface area contributed by atoms with Gasteiger partial charge in [0.2, 0.25) is 0 Å². The number of aryl methyl sites for hydroxylation is 1. The average molecular weight is 344 g/mol. The van der Waals surface area contributed by atoms with Gasteiger partial charge in [0.05, 0.1) is 12.1 Å². The van der Waals surface area contributed by atoms with Crippen molar-refractivity contribution >= 4 is 22.5 Å². The van der Waals surface area contributed by atoms with Gasteiger partial charge in [0.15, 0.2) is 0 Å². The van der Waals surface area contributed by atoms with E-state index in [0.717, 1.165) is 33.2 Å². The summed E-state index contributed by atoms with van der Waals surface area (Å²) in [4.78, 5) is 4.58. The zero-order chi connectivity index (χ0) is 17.3. The van der Waals surface area contributed by atoms with Gasteiger partial charge >= 0.3 is 0 Å². The van der Waals surface area contributed by atoms with Crippen LogP contribution in [-0.2, 0) is 4.74 Å². The maximum absolute atomic E-state index is 13.4. The van der Waals surface area contributed by atoms with Gasteiger partial charge in [0.1, 0.15) is 11.0 Å². The molecule has 0 aliphatic rings. The second-order valence-corrected chi connectivity index (χ2v) is 6.43.